The molecule has 0 aromatic heterocycles. The number of allylic oxidation sites excluding steroid dienone is 22. The lowest BCUT2D eigenvalue weighted by atomic mass is 10.0. The Kier molecular flexibility index (Phi) is 67.2. The SMILES string of the molecule is CC/C=C\C/C=C\C/C=C\C/C=C\C/C=C\C/C=C\CCC(=O)OCC(COP(=O)(O)OCC(O)COP(=O)(O)OCC(COC(=O)CCCC/C=C\C/C=C\C/C=C\C/C=C\CC)OC(=O)CCCCCCC/C=C\CCCC)OC(=O)CCCCCCCCCCCCCCC. The quantitative estimate of drug-likeness (QED) is 0.0169. The molecule has 3 N–H and O–H groups in total. The van der Waals surface area contributed by atoms with Gasteiger partial charge in [-0.1, -0.05) is 271 Å². The molecule has 0 aliphatic heterocycles. The fourth-order valence-electron chi connectivity index (χ4n) is 9.45. The first kappa shape index (κ1) is 93.2. The molecule has 0 aliphatic rings. The predicted molar refractivity (Wildman–Crippen MR) is 399 cm³/mol. The average molecular weight is 1420 g/mol. The van der Waals surface area contributed by atoms with Gasteiger partial charge in [0.25, 0.3) is 0 Å². The molecule has 560 valence electrons. The molecule has 5 unspecified atom stereocenters. The zero-order chi connectivity index (χ0) is 71.8. The smallest absolute Gasteiger partial charge is 0.462 e. The van der Waals surface area contributed by atoms with E-state index in [4.69, 9.17) is 37.0 Å². The van der Waals surface area contributed by atoms with Crippen molar-refractivity contribution in [1.82, 2.24) is 0 Å². The number of hydrogen-bond acceptors (Lipinski definition) is 15. The highest BCUT2D eigenvalue weighted by Crippen LogP contribution is 2.45. The molecule has 98 heavy (non-hydrogen) atoms. The normalized spacial score (nSPS) is 14.7. The standard InChI is InChI=1S/C79H132O17P2/c1-5-9-13-17-21-25-29-32-34-35-36-37-39-42-45-48-52-56-60-64-77(82)90-70-75(96-79(84)66-62-58-54-50-46-40-31-27-23-19-15-11-7-3)72-94-98(87,88)92-68-73(80)67-91-97(85,86)93-71-74(95-78(83)65-61-57-53-49-43-28-24-20-16-12-8-4)69-89-76(81)63-59-55-51-47-44-41-38-33-30-26-22-18-14-10-6-2/h9-10,13-14,20-22,24-26,32-34,36-38,42,44-45,47,52,56,73-75,80H,5-8,11-12,15-19,23,27-31,35,39-41,43,46,48-51,53-55,57-72H2,1-4H3,(H,85,86)(H,87,88)/b13-9-,14-10-,24-20-,25-21-,26-22-,34-32-,37-36-,38-33-,45-42-,47-44-,56-52-. The van der Waals surface area contributed by atoms with Gasteiger partial charge in [0.05, 0.1) is 26.4 Å². The zero-order valence-electron chi connectivity index (χ0n) is 60.9. The van der Waals surface area contributed by atoms with Gasteiger partial charge in [-0.05, 0) is 122 Å². The number of aliphatic hydroxyl groups is 1. The number of carbonyl (C=O) groups excluding carboxylic acids is 4. The summed E-state index contributed by atoms with van der Waals surface area (Å²) >= 11 is 0. The molecule has 19 heteroatoms. The van der Waals surface area contributed by atoms with Crippen LogP contribution < -0.4 is 0 Å². The summed E-state index contributed by atoms with van der Waals surface area (Å²) in [5.41, 5.74) is 0. The van der Waals surface area contributed by atoms with Crippen molar-refractivity contribution in [1.29, 1.82) is 0 Å². The lowest BCUT2D eigenvalue weighted by molar-refractivity contribution is -0.161. The highest BCUT2D eigenvalue weighted by atomic mass is 31.2. The summed E-state index contributed by atoms with van der Waals surface area (Å²) < 4.78 is 68.2. The van der Waals surface area contributed by atoms with Crippen molar-refractivity contribution in [2.75, 3.05) is 39.6 Å². The molecule has 0 saturated carbocycles. The molecule has 0 heterocycles. The topological polar surface area (TPSA) is 237 Å². The lowest BCUT2D eigenvalue weighted by Gasteiger charge is -2.21. The molecule has 0 aromatic carbocycles. The third-order valence-electron chi connectivity index (χ3n) is 15.1. The van der Waals surface area contributed by atoms with E-state index in [-0.39, 0.29) is 25.7 Å². The number of carbonyl (C=O) groups is 4. The van der Waals surface area contributed by atoms with E-state index >= 15 is 0 Å². The minimum absolute atomic E-state index is 0.0344. The minimum atomic E-state index is -4.99. The van der Waals surface area contributed by atoms with Crippen LogP contribution in [0.15, 0.2) is 134 Å². The summed E-state index contributed by atoms with van der Waals surface area (Å²) in [4.78, 5) is 72.7. The van der Waals surface area contributed by atoms with Gasteiger partial charge in [0.15, 0.2) is 12.2 Å². The van der Waals surface area contributed by atoms with Gasteiger partial charge in [0, 0.05) is 25.7 Å². The van der Waals surface area contributed by atoms with Crippen LogP contribution in [-0.2, 0) is 65.4 Å². The number of phosphoric acid groups is 2. The molecule has 0 bridgehead atoms. The van der Waals surface area contributed by atoms with Gasteiger partial charge >= 0.3 is 39.5 Å². The Morgan fingerprint density at radius 3 is 0.939 bits per heavy atom. The van der Waals surface area contributed by atoms with Crippen LogP contribution in [0.2, 0.25) is 0 Å². The van der Waals surface area contributed by atoms with Gasteiger partial charge in [-0.3, -0.25) is 37.3 Å². The van der Waals surface area contributed by atoms with Crippen LogP contribution in [0.1, 0.15) is 285 Å². The van der Waals surface area contributed by atoms with Crippen LogP contribution >= 0.6 is 15.6 Å². The monoisotopic (exact) mass is 1410 g/mol. The van der Waals surface area contributed by atoms with E-state index in [2.05, 4.69) is 143 Å². The first-order valence-corrected chi connectivity index (χ1v) is 40.4. The number of hydrogen-bond donors (Lipinski definition) is 3. The van der Waals surface area contributed by atoms with Crippen LogP contribution in [0.4, 0.5) is 0 Å². The molecule has 0 aliphatic carbocycles. The molecule has 0 rings (SSSR count). The van der Waals surface area contributed by atoms with Gasteiger partial charge in [0.2, 0.25) is 0 Å². The van der Waals surface area contributed by atoms with Crippen molar-refractivity contribution in [3.05, 3.63) is 134 Å². The Balaban J connectivity index is 5.41. The van der Waals surface area contributed by atoms with E-state index in [1.807, 2.05) is 18.2 Å². The van der Waals surface area contributed by atoms with Crippen LogP contribution in [0.25, 0.3) is 0 Å². The van der Waals surface area contributed by atoms with Crippen molar-refractivity contribution in [2.24, 2.45) is 0 Å². The Morgan fingerprint density at radius 1 is 0.296 bits per heavy atom. The maximum Gasteiger partial charge on any atom is 0.472 e. The number of phosphoric ester groups is 2. The van der Waals surface area contributed by atoms with Crippen LogP contribution in [-0.4, -0.2) is 96.7 Å². The second-order valence-corrected chi connectivity index (χ2v) is 27.4. The van der Waals surface area contributed by atoms with Gasteiger partial charge in [0.1, 0.15) is 19.3 Å². The fraction of sp³-hybridized carbons (Fsp3) is 0.671. The van der Waals surface area contributed by atoms with Gasteiger partial charge < -0.3 is 33.8 Å². The highest BCUT2D eigenvalue weighted by molar-refractivity contribution is 7.47. The van der Waals surface area contributed by atoms with E-state index < -0.39 is 97.5 Å². The predicted octanol–water partition coefficient (Wildman–Crippen LogP) is 21.3. The summed E-state index contributed by atoms with van der Waals surface area (Å²) in [7, 11) is -9.98. The van der Waals surface area contributed by atoms with E-state index in [1.54, 1.807) is 0 Å². The maximum absolute atomic E-state index is 13.1. The van der Waals surface area contributed by atoms with Crippen LogP contribution in [0.5, 0.6) is 0 Å². The number of rotatable bonds is 69. The molecular formula is C79H132O17P2. The lowest BCUT2D eigenvalue weighted by Crippen LogP contribution is -2.30. The van der Waals surface area contributed by atoms with Gasteiger partial charge in [-0.25, -0.2) is 9.13 Å². The van der Waals surface area contributed by atoms with Crippen LogP contribution in [0.3, 0.4) is 0 Å². The summed E-state index contributed by atoms with van der Waals surface area (Å²) in [6, 6.07) is 0. The van der Waals surface area contributed by atoms with E-state index in [0.717, 1.165) is 135 Å². The molecule has 0 spiro atoms. The van der Waals surface area contributed by atoms with E-state index in [1.165, 1.54) is 64.2 Å². The third kappa shape index (κ3) is 69.7. The number of aliphatic hydroxyl groups excluding tert-OH is 1. The maximum atomic E-state index is 13.1. The third-order valence-corrected chi connectivity index (χ3v) is 17.0. The molecule has 0 amide bonds. The van der Waals surface area contributed by atoms with E-state index in [9.17, 15) is 43.2 Å². The van der Waals surface area contributed by atoms with Crippen molar-refractivity contribution < 1.29 is 80.2 Å². The van der Waals surface area contributed by atoms with Crippen molar-refractivity contribution in [3.8, 4) is 0 Å². The Bertz CT molecular complexity index is 2380. The molecule has 17 nitrogen and oxygen atoms in total. The van der Waals surface area contributed by atoms with E-state index in [0.29, 0.717) is 32.1 Å². The molecular weight excluding hydrogens is 1280 g/mol. The Morgan fingerprint density at radius 2 is 0.561 bits per heavy atom. The summed E-state index contributed by atoms with van der Waals surface area (Å²) in [6.07, 6.45) is 77.6. The first-order chi connectivity index (χ1) is 47.7. The van der Waals surface area contributed by atoms with Crippen LogP contribution in [0, 0.1) is 0 Å². The number of unbranched alkanes of at least 4 members (excludes halogenated alkanes) is 21. The summed E-state index contributed by atoms with van der Waals surface area (Å²) in [5.74, 6) is -2.33. The largest absolute Gasteiger partial charge is 0.472 e. The minimum Gasteiger partial charge on any atom is -0.462 e. The first-order valence-electron chi connectivity index (χ1n) is 37.4. The second kappa shape index (κ2) is 70.6. The van der Waals surface area contributed by atoms with Crippen molar-refractivity contribution in [3.63, 3.8) is 0 Å². The fourth-order valence-corrected chi connectivity index (χ4v) is 11.0. The summed E-state index contributed by atoms with van der Waals surface area (Å²) in [5, 5.41) is 10.6. The van der Waals surface area contributed by atoms with Gasteiger partial charge in [-0.15, -0.1) is 0 Å². The van der Waals surface area contributed by atoms with Gasteiger partial charge in [-0.2, -0.15) is 0 Å². The van der Waals surface area contributed by atoms with Crippen molar-refractivity contribution in [2.45, 2.75) is 303 Å². The molecule has 0 aromatic rings. The molecule has 0 fully saturated rings. The average Bonchev–Trinajstić information content (AvgIpc) is 0.972. The Labute approximate surface area is 593 Å². The summed E-state index contributed by atoms with van der Waals surface area (Å²) in [6.45, 7) is 4.45. The molecule has 5 atom stereocenters. The molecule has 0 saturated heterocycles. The Hall–Kier alpha value is -4.80. The second-order valence-electron chi connectivity index (χ2n) is 24.5. The van der Waals surface area contributed by atoms with Crippen molar-refractivity contribution >= 4 is 39.5 Å². The number of esters is 4. The highest BCUT2D eigenvalue weighted by Gasteiger charge is 2.30. The zero-order valence-corrected chi connectivity index (χ0v) is 62.7. The molecule has 0 radical (unpaired) electrons. The number of ether oxygens (including phenoxy) is 4.